The number of nitrogens with one attached hydrogen (secondary N) is 1. The molecule has 0 aliphatic rings. The summed E-state index contributed by atoms with van der Waals surface area (Å²) in [6.07, 6.45) is 7.22. The number of rotatable bonds is 4. The van der Waals surface area contributed by atoms with Gasteiger partial charge in [-0.25, -0.2) is 0 Å². The molecule has 0 radical (unpaired) electrons. The summed E-state index contributed by atoms with van der Waals surface area (Å²) < 4.78 is 3.72. The number of nitrogens with zero attached hydrogens (tertiary/aromatic N) is 4. The van der Waals surface area contributed by atoms with Crippen molar-refractivity contribution in [1.82, 2.24) is 19.3 Å². The predicted octanol–water partition coefficient (Wildman–Crippen LogP) is 3.07. The van der Waals surface area contributed by atoms with Crippen LogP contribution in [0.4, 0.5) is 5.82 Å². The van der Waals surface area contributed by atoms with E-state index in [0.29, 0.717) is 17.9 Å². The SMILES string of the molecule is Cn1cc(C(=O)Nc2ccn(Cc3cccnc3)n2)c2ccccc21. The molecule has 0 saturated heterocycles. The van der Waals surface area contributed by atoms with E-state index in [1.54, 1.807) is 23.1 Å². The van der Waals surface area contributed by atoms with Gasteiger partial charge in [0.1, 0.15) is 0 Å². The lowest BCUT2D eigenvalue weighted by molar-refractivity contribution is 0.102. The Balaban J connectivity index is 1.53. The van der Waals surface area contributed by atoms with Crippen LogP contribution in [-0.4, -0.2) is 25.2 Å². The second-order valence-electron chi connectivity index (χ2n) is 5.88. The fourth-order valence-corrected chi connectivity index (χ4v) is 2.90. The third-order valence-corrected chi connectivity index (χ3v) is 4.09. The van der Waals surface area contributed by atoms with Crippen molar-refractivity contribution in [3.8, 4) is 0 Å². The van der Waals surface area contributed by atoms with Gasteiger partial charge in [0.2, 0.25) is 0 Å². The summed E-state index contributed by atoms with van der Waals surface area (Å²) >= 11 is 0. The van der Waals surface area contributed by atoms with Gasteiger partial charge in [-0.2, -0.15) is 5.10 Å². The van der Waals surface area contributed by atoms with Gasteiger partial charge in [0.15, 0.2) is 5.82 Å². The molecule has 1 amide bonds. The van der Waals surface area contributed by atoms with E-state index in [0.717, 1.165) is 16.5 Å². The summed E-state index contributed by atoms with van der Waals surface area (Å²) in [5.41, 5.74) is 2.71. The number of aromatic nitrogens is 4. The quantitative estimate of drug-likeness (QED) is 0.625. The van der Waals surface area contributed by atoms with Crippen LogP contribution in [-0.2, 0) is 13.6 Å². The number of hydrogen-bond acceptors (Lipinski definition) is 3. The first-order chi connectivity index (χ1) is 12.2. The second kappa shape index (κ2) is 6.24. The van der Waals surface area contributed by atoms with Crippen LogP contribution in [0.1, 0.15) is 15.9 Å². The van der Waals surface area contributed by atoms with E-state index >= 15 is 0 Å². The van der Waals surface area contributed by atoms with Crippen molar-refractivity contribution in [3.05, 3.63) is 78.4 Å². The van der Waals surface area contributed by atoms with E-state index < -0.39 is 0 Å². The molecular formula is C19H17N5O. The average Bonchev–Trinajstić information content (AvgIpc) is 3.21. The first-order valence-corrected chi connectivity index (χ1v) is 7.98. The van der Waals surface area contributed by atoms with Gasteiger partial charge in [0.05, 0.1) is 12.1 Å². The van der Waals surface area contributed by atoms with Crippen LogP contribution >= 0.6 is 0 Å². The van der Waals surface area contributed by atoms with E-state index in [1.807, 2.05) is 60.4 Å². The molecule has 1 N–H and O–H groups in total. The highest BCUT2D eigenvalue weighted by Crippen LogP contribution is 2.21. The van der Waals surface area contributed by atoms with Gasteiger partial charge in [-0.15, -0.1) is 0 Å². The lowest BCUT2D eigenvalue weighted by Gasteiger charge is -2.02. The minimum atomic E-state index is -0.163. The Kier molecular flexibility index (Phi) is 3.78. The molecule has 0 atom stereocenters. The summed E-state index contributed by atoms with van der Waals surface area (Å²) in [7, 11) is 1.93. The number of pyridine rings is 1. The zero-order chi connectivity index (χ0) is 17.2. The van der Waals surface area contributed by atoms with Gasteiger partial charge in [-0.05, 0) is 17.7 Å². The molecule has 4 aromatic rings. The Hall–Kier alpha value is -3.41. The van der Waals surface area contributed by atoms with Crippen LogP contribution < -0.4 is 5.32 Å². The highest BCUT2D eigenvalue weighted by atomic mass is 16.1. The van der Waals surface area contributed by atoms with E-state index in [4.69, 9.17) is 0 Å². The molecule has 0 bridgehead atoms. The second-order valence-corrected chi connectivity index (χ2v) is 5.88. The first-order valence-electron chi connectivity index (χ1n) is 7.98. The lowest BCUT2D eigenvalue weighted by atomic mass is 10.1. The molecule has 0 unspecified atom stereocenters. The number of carbonyl (C=O) groups excluding carboxylic acids is 1. The number of anilines is 1. The average molecular weight is 331 g/mol. The molecule has 0 saturated carbocycles. The summed E-state index contributed by atoms with van der Waals surface area (Å²) in [4.78, 5) is 16.7. The Morgan fingerprint density at radius 1 is 1.16 bits per heavy atom. The molecule has 0 fully saturated rings. The molecule has 0 aliphatic carbocycles. The van der Waals surface area contributed by atoms with E-state index in [-0.39, 0.29) is 5.91 Å². The summed E-state index contributed by atoms with van der Waals surface area (Å²) in [5.74, 6) is 0.366. The molecule has 25 heavy (non-hydrogen) atoms. The smallest absolute Gasteiger partial charge is 0.259 e. The van der Waals surface area contributed by atoms with Gasteiger partial charge >= 0.3 is 0 Å². The number of hydrogen-bond donors (Lipinski definition) is 1. The fourth-order valence-electron chi connectivity index (χ4n) is 2.90. The van der Waals surface area contributed by atoms with Crippen LogP contribution in [0.15, 0.2) is 67.3 Å². The summed E-state index contributed by atoms with van der Waals surface area (Å²) in [5, 5.41) is 8.21. The molecule has 124 valence electrons. The number of aryl methyl sites for hydroxylation is 1. The maximum Gasteiger partial charge on any atom is 0.259 e. The minimum Gasteiger partial charge on any atom is -0.350 e. The molecule has 3 aromatic heterocycles. The maximum atomic E-state index is 12.6. The van der Waals surface area contributed by atoms with E-state index in [1.165, 1.54) is 0 Å². The zero-order valence-electron chi connectivity index (χ0n) is 13.8. The van der Waals surface area contributed by atoms with E-state index in [9.17, 15) is 4.79 Å². The summed E-state index contributed by atoms with van der Waals surface area (Å²) in [6.45, 7) is 0.609. The van der Waals surface area contributed by atoms with Crippen molar-refractivity contribution in [3.63, 3.8) is 0 Å². The summed E-state index contributed by atoms with van der Waals surface area (Å²) in [6, 6.07) is 13.5. The topological polar surface area (TPSA) is 64.7 Å². The molecule has 6 heteroatoms. The van der Waals surface area contributed by atoms with Crippen molar-refractivity contribution < 1.29 is 4.79 Å². The number of amides is 1. The first kappa shape index (κ1) is 15.1. The van der Waals surface area contributed by atoms with Gasteiger partial charge < -0.3 is 9.88 Å². The standard InChI is InChI=1S/C19H17N5O/c1-23-13-16(15-6-2-3-7-17(15)23)19(25)21-18-8-10-24(22-18)12-14-5-4-9-20-11-14/h2-11,13H,12H2,1H3,(H,21,22,25). The minimum absolute atomic E-state index is 0.163. The predicted molar refractivity (Wildman–Crippen MR) is 96.4 cm³/mol. The Morgan fingerprint density at radius 2 is 2.04 bits per heavy atom. The molecule has 1 aromatic carbocycles. The Morgan fingerprint density at radius 3 is 2.88 bits per heavy atom. The number of benzene rings is 1. The highest BCUT2D eigenvalue weighted by molar-refractivity contribution is 6.12. The van der Waals surface area contributed by atoms with Crippen LogP contribution in [0.5, 0.6) is 0 Å². The zero-order valence-corrected chi connectivity index (χ0v) is 13.8. The van der Waals surface area contributed by atoms with Gasteiger partial charge in [0, 0.05) is 48.8 Å². The fraction of sp³-hybridized carbons (Fsp3) is 0.105. The van der Waals surface area contributed by atoms with Crippen LogP contribution in [0.25, 0.3) is 10.9 Å². The van der Waals surface area contributed by atoms with Crippen molar-refractivity contribution in [2.24, 2.45) is 7.05 Å². The Bertz CT molecular complexity index is 1030. The van der Waals surface area contributed by atoms with Gasteiger partial charge in [-0.1, -0.05) is 24.3 Å². The Labute approximate surface area is 144 Å². The molecular weight excluding hydrogens is 314 g/mol. The molecule has 3 heterocycles. The normalized spacial score (nSPS) is 10.9. The largest absolute Gasteiger partial charge is 0.350 e. The number of fused-ring (bicyclic) bond motifs is 1. The highest BCUT2D eigenvalue weighted by Gasteiger charge is 2.14. The number of para-hydroxylation sites is 1. The van der Waals surface area contributed by atoms with Crippen molar-refractivity contribution in [2.75, 3.05) is 5.32 Å². The van der Waals surface area contributed by atoms with Gasteiger partial charge in [0.25, 0.3) is 5.91 Å². The molecule has 0 aliphatic heterocycles. The molecule has 0 spiro atoms. The third-order valence-electron chi connectivity index (χ3n) is 4.09. The van der Waals surface area contributed by atoms with Crippen molar-refractivity contribution in [2.45, 2.75) is 6.54 Å². The van der Waals surface area contributed by atoms with Crippen LogP contribution in [0.3, 0.4) is 0 Å². The third kappa shape index (κ3) is 3.01. The lowest BCUT2D eigenvalue weighted by Crippen LogP contribution is -2.12. The molecule has 6 nitrogen and oxygen atoms in total. The monoisotopic (exact) mass is 331 g/mol. The maximum absolute atomic E-state index is 12.6. The van der Waals surface area contributed by atoms with Crippen LogP contribution in [0, 0.1) is 0 Å². The van der Waals surface area contributed by atoms with Crippen molar-refractivity contribution in [1.29, 1.82) is 0 Å². The van der Waals surface area contributed by atoms with E-state index in [2.05, 4.69) is 15.4 Å². The van der Waals surface area contributed by atoms with Crippen LogP contribution in [0.2, 0.25) is 0 Å². The van der Waals surface area contributed by atoms with Gasteiger partial charge in [-0.3, -0.25) is 14.5 Å². The van der Waals surface area contributed by atoms with Crippen molar-refractivity contribution >= 4 is 22.6 Å². The molecule has 4 rings (SSSR count). The number of carbonyl (C=O) groups is 1.